The fraction of sp³-hybridized carbons (Fsp3) is 0.875. The van der Waals surface area contributed by atoms with Gasteiger partial charge < -0.3 is 5.11 Å². The molecule has 0 aliphatic heterocycles. The van der Waals surface area contributed by atoms with E-state index in [1.54, 1.807) is 0 Å². The van der Waals surface area contributed by atoms with Gasteiger partial charge in [-0.25, -0.2) is 0 Å². The quantitative estimate of drug-likeness (QED) is 0.547. The second kappa shape index (κ2) is 2.70. The van der Waals surface area contributed by atoms with E-state index < -0.39 is 0 Å². The minimum Gasteiger partial charge on any atom is -0.393 e. The Morgan fingerprint density at radius 3 is 2.60 bits per heavy atom. The third kappa shape index (κ3) is 1.21. The van der Waals surface area contributed by atoms with Crippen LogP contribution in [0.5, 0.6) is 0 Å². The summed E-state index contributed by atoms with van der Waals surface area (Å²) in [4.78, 5) is 11.0. The van der Waals surface area contributed by atoms with Gasteiger partial charge in [0.25, 0.3) is 0 Å². The fourth-order valence-corrected chi connectivity index (χ4v) is 1.41. The highest BCUT2D eigenvalue weighted by Crippen LogP contribution is 2.26. The number of aliphatic hydroxyl groups excluding tert-OH is 1. The Labute approximate surface area is 61.2 Å². The van der Waals surface area contributed by atoms with E-state index in [2.05, 4.69) is 0 Å². The van der Waals surface area contributed by atoms with Gasteiger partial charge in [0, 0.05) is 12.3 Å². The Kier molecular flexibility index (Phi) is 2.09. The molecule has 0 radical (unpaired) electrons. The number of hydrogen-bond acceptors (Lipinski definition) is 2. The first-order valence-electron chi connectivity index (χ1n) is 3.83. The highest BCUT2D eigenvalue weighted by atomic mass is 16.3. The third-order valence-corrected chi connectivity index (χ3v) is 2.59. The molecule has 0 amide bonds. The molecule has 2 heteroatoms. The molecule has 1 saturated carbocycles. The van der Waals surface area contributed by atoms with Crippen LogP contribution in [0.1, 0.15) is 26.7 Å². The van der Waals surface area contributed by atoms with E-state index >= 15 is 0 Å². The third-order valence-electron chi connectivity index (χ3n) is 2.59. The van der Waals surface area contributed by atoms with Crippen LogP contribution in [0.2, 0.25) is 0 Å². The molecule has 0 aromatic carbocycles. The maximum Gasteiger partial charge on any atom is 0.136 e. The van der Waals surface area contributed by atoms with Crippen molar-refractivity contribution in [1.29, 1.82) is 0 Å². The number of hydrogen-bond donors (Lipinski definition) is 1. The van der Waals surface area contributed by atoms with Crippen LogP contribution in [0.15, 0.2) is 0 Å². The van der Waals surface area contributed by atoms with Gasteiger partial charge in [0.1, 0.15) is 5.78 Å². The lowest BCUT2D eigenvalue weighted by Gasteiger charge is -2.28. The molecule has 2 nitrogen and oxygen atoms in total. The number of aliphatic hydroxyl groups is 1. The lowest BCUT2D eigenvalue weighted by molar-refractivity contribution is -0.129. The summed E-state index contributed by atoms with van der Waals surface area (Å²) < 4.78 is 0. The van der Waals surface area contributed by atoms with E-state index in [4.69, 9.17) is 0 Å². The van der Waals surface area contributed by atoms with Crippen molar-refractivity contribution in [2.45, 2.75) is 32.8 Å². The van der Waals surface area contributed by atoms with Gasteiger partial charge >= 0.3 is 0 Å². The molecule has 1 fully saturated rings. The van der Waals surface area contributed by atoms with Gasteiger partial charge in [0.05, 0.1) is 6.10 Å². The van der Waals surface area contributed by atoms with Crippen molar-refractivity contribution in [2.75, 3.05) is 0 Å². The first kappa shape index (κ1) is 7.73. The standard InChI is InChI=1S/C8H14O2/c1-5-6(2)8(10)4-3-7(5)9/h5-7,9H,3-4H2,1-2H3/t5-,6+,7+/m1/s1. The molecule has 0 aromatic rings. The summed E-state index contributed by atoms with van der Waals surface area (Å²) in [5, 5.41) is 9.31. The van der Waals surface area contributed by atoms with E-state index in [-0.39, 0.29) is 17.9 Å². The van der Waals surface area contributed by atoms with Crippen molar-refractivity contribution in [1.82, 2.24) is 0 Å². The van der Waals surface area contributed by atoms with E-state index in [0.29, 0.717) is 18.6 Å². The average Bonchev–Trinajstić information content (AvgIpc) is 1.93. The monoisotopic (exact) mass is 142 g/mol. The largest absolute Gasteiger partial charge is 0.393 e. The summed E-state index contributed by atoms with van der Waals surface area (Å²) in [6.45, 7) is 3.84. The summed E-state index contributed by atoms with van der Waals surface area (Å²) in [5.41, 5.74) is 0. The lowest BCUT2D eigenvalue weighted by Crippen LogP contribution is -2.34. The molecule has 0 aromatic heterocycles. The SMILES string of the molecule is C[C@@H]1[C@H](C)C(=O)CC[C@@H]1O. The number of carbonyl (C=O) groups excluding carboxylic acids is 1. The molecule has 0 unspecified atom stereocenters. The molecule has 10 heavy (non-hydrogen) atoms. The Hall–Kier alpha value is -0.370. The normalized spacial score (nSPS) is 41.9. The van der Waals surface area contributed by atoms with Gasteiger partial charge in [-0.05, 0) is 12.3 Å². The highest BCUT2D eigenvalue weighted by molar-refractivity contribution is 5.81. The Bertz CT molecular complexity index is 142. The molecule has 1 N–H and O–H groups in total. The molecule has 0 bridgehead atoms. The highest BCUT2D eigenvalue weighted by Gasteiger charge is 2.30. The fourth-order valence-electron chi connectivity index (χ4n) is 1.41. The molecule has 1 rings (SSSR count). The predicted octanol–water partition coefficient (Wildman–Crippen LogP) is 0.982. The molecular formula is C8H14O2. The zero-order valence-corrected chi connectivity index (χ0v) is 6.50. The number of rotatable bonds is 0. The minimum atomic E-state index is -0.257. The Morgan fingerprint density at radius 2 is 2.10 bits per heavy atom. The first-order valence-corrected chi connectivity index (χ1v) is 3.83. The van der Waals surface area contributed by atoms with Crippen molar-refractivity contribution < 1.29 is 9.90 Å². The average molecular weight is 142 g/mol. The molecule has 0 heterocycles. The molecule has 0 spiro atoms. The smallest absolute Gasteiger partial charge is 0.136 e. The van der Waals surface area contributed by atoms with Gasteiger partial charge in [-0.1, -0.05) is 13.8 Å². The number of carbonyl (C=O) groups is 1. The van der Waals surface area contributed by atoms with Crippen molar-refractivity contribution in [2.24, 2.45) is 11.8 Å². The van der Waals surface area contributed by atoms with Crippen molar-refractivity contribution in [3.05, 3.63) is 0 Å². The molecule has 58 valence electrons. The Balaban J connectivity index is 2.60. The molecule has 1 aliphatic carbocycles. The predicted molar refractivity (Wildman–Crippen MR) is 38.6 cm³/mol. The van der Waals surface area contributed by atoms with Gasteiger partial charge in [0.2, 0.25) is 0 Å². The topological polar surface area (TPSA) is 37.3 Å². The van der Waals surface area contributed by atoms with E-state index in [1.807, 2.05) is 13.8 Å². The minimum absolute atomic E-state index is 0.0590. The van der Waals surface area contributed by atoms with Crippen LogP contribution in [0.3, 0.4) is 0 Å². The van der Waals surface area contributed by atoms with Crippen molar-refractivity contribution >= 4 is 5.78 Å². The lowest BCUT2D eigenvalue weighted by atomic mass is 9.79. The van der Waals surface area contributed by atoms with Crippen LogP contribution in [-0.4, -0.2) is 17.0 Å². The molecular weight excluding hydrogens is 128 g/mol. The molecule has 1 aliphatic rings. The van der Waals surface area contributed by atoms with Crippen LogP contribution >= 0.6 is 0 Å². The van der Waals surface area contributed by atoms with E-state index in [9.17, 15) is 9.90 Å². The number of ketones is 1. The van der Waals surface area contributed by atoms with Crippen molar-refractivity contribution in [3.8, 4) is 0 Å². The van der Waals surface area contributed by atoms with Crippen LogP contribution in [-0.2, 0) is 4.79 Å². The Morgan fingerprint density at radius 1 is 1.50 bits per heavy atom. The van der Waals surface area contributed by atoms with E-state index in [1.165, 1.54) is 0 Å². The first-order chi connectivity index (χ1) is 4.63. The number of Topliss-reactive ketones (excluding diaryl/α,β-unsaturated/α-hetero) is 1. The zero-order valence-electron chi connectivity index (χ0n) is 6.50. The van der Waals surface area contributed by atoms with E-state index in [0.717, 1.165) is 0 Å². The molecule has 0 saturated heterocycles. The summed E-state index contributed by atoms with van der Waals surface area (Å²) >= 11 is 0. The van der Waals surface area contributed by atoms with Gasteiger partial charge in [-0.3, -0.25) is 4.79 Å². The zero-order chi connectivity index (χ0) is 7.72. The van der Waals surface area contributed by atoms with Crippen LogP contribution < -0.4 is 0 Å². The van der Waals surface area contributed by atoms with Gasteiger partial charge in [0.15, 0.2) is 0 Å². The summed E-state index contributed by atoms with van der Waals surface area (Å²) in [5.74, 6) is 0.516. The summed E-state index contributed by atoms with van der Waals surface area (Å²) in [6.07, 6.45) is 0.962. The summed E-state index contributed by atoms with van der Waals surface area (Å²) in [7, 11) is 0. The second-order valence-electron chi connectivity index (χ2n) is 3.22. The molecule has 3 atom stereocenters. The van der Waals surface area contributed by atoms with Gasteiger partial charge in [-0.15, -0.1) is 0 Å². The van der Waals surface area contributed by atoms with Crippen LogP contribution in [0.4, 0.5) is 0 Å². The van der Waals surface area contributed by atoms with Crippen LogP contribution in [0, 0.1) is 11.8 Å². The van der Waals surface area contributed by atoms with Crippen LogP contribution in [0.25, 0.3) is 0 Å². The maximum absolute atomic E-state index is 11.0. The van der Waals surface area contributed by atoms with Crippen molar-refractivity contribution in [3.63, 3.8) is 0 Å². The maximum atomic E-state index is 11.0. The van der Waals surface area contributed by atoms with Gasteiger partial charge in [-0.2, -0.15) is 0 Å². The second-order valence-corrected chi connectivity index (χ2v) is 3.22. The summed E-state index contributed by atoms with van der Waals surface area (Å²) in [6, 6.07) is 0.